The van der Waals surface area contributed by atoms with Crippen molar-refractivity contribution >= 4 is 29.7 Å². The average Bonchev–Trinajstić information content (AvgIpc) is 3.56. The highest BCUT2D eigenvalue weighted by Gasteiger charge is 2.21. The number of carbonyl (C=O) groups excluding carboxylic acids is 3. The second kappa shape index (κ2) is 19.9. The molecule has 0 fully saturated rings. The monoisotopic (exact) mass is 701 g/mol. The Balaban J connectivity index is 1.26. The third-order valence-electron chi connectivity index (χ3n) is 7.70. The van der Waals surface area contributed by atoms with Crippen molar-refractivity contribution in [1.82, 2.24) is 25.9 Å². The van der Waals surface area contributed by atoms with Crippen LogP contribution in [0, 0.1) is 0 Å². The van der Waals surface area contributed by atoms with E-state index in [9.17, 15) is 14.4 Å². The lowest BCUT2D eigenvalue weighted by Gasteiger charge is -2.20. The van der Waals surface area contributed by atoms with Gasteiger partial charge in [-0.3, -0.25) is 9.59 Å². The summed E-state index contributed by atoms with van der Waals surface area (Å²) in [4.78, 5) is 46.2. The highest BCUT2D eigenvalue weighted by Crippen LogP contribution is 2.34. The number of aromatic amines is 1. The first-order valence-electron chi connectivity index (χ1n) is 16.8. The van der Waals surface area contributed by atoms with Crippen LogP contribution in [0.2, 0.25) is 0 Å². The van der Waals surface area contributed by atoms with Crippen LogP contribution in [0.4, 0.5) is 4.79 Å². The molecule has 1 aromatic heterocycles. The number of H-pyrrole nitrogens is 1. The fourth-order valence-electron chi connectivity index (χ4n) is 5.10. The number of hydrogen-bond donors (Lipinski definition) is 4. The van der Waals surface area contributed by atoms with Gasteiger partial charge in [-0.25, -0.2) is 9.78 Å². The molecule has 4 rings (SSSR count). The molecule has 0 saturated carbocycles. The predicted molar refractivity (Wildman–Crippen MR) is 196 cm³/mol. The van der Waals surface area contributed by atoms with E-state index in [2.05, 4.69) is 20.9 Å². The lowest BCUT2D eigenvalue weighted by molar-refractivity contribution is -0.129. The summed E-state index contributed by atoms with van der Waals surface area (Å²) in [6.45, 7) is 4.37. The maximum Gasteiger partial charge on any atom is 0.407 e. The molecule has 4 N–H and O–H groups in total. The number of aromatic nitrogens is 2. The van der Waals surface area contributed by atoms with Gasteiger partial charge in [-0.1, -0.05) is 42.1 Å². The van der Waals surface area contributed by atoms with E-state index in [0.29, 0.717) is 38.0 Å². The first-order valence-corrected chi connectivity index (χ1v) is 17.8. The fraction of sp³-hybridized carbons (Fsp3) is 0.368. The number of amides is 3. The number of carbonyl (C=O) groups is 3. The van der Waals surface area contributed by atoms with Gasteiger partial charge in [0.15, 0.2) is 5.16 Å². The fourth-order valence-corrected chi connectivity index (χ4v) is 5.92. The zero-order valence-electron chi connectivity index (χ0n) is 29.1. The molecule has 0 spiro atoms. The van der Waals surface area contributed by atoms with E-state index in [1.807, 2.05) is 92.7 Å². The summed E-state index contributed by atoms with van der Waals surface area (Å²) in [5, 5.41) is 9.30. The molecule has 11 nitrogen and oxygen atoms in total. The zero-order valence-corrected chi connectivity index (χ0v) is 29.9. The van der Waals surface area contributed by atoms with Crippen molar-refractivity contribution in [3.63, 3.8) is 0 Å². The van der Waals surface area contributed by atoms with Crippen molar-refractivity contribution in [3.8, 4) is 34.0 Å². The van der Waals surface area contributed by atoms with Gasteiger partial charge < -0.3 is 35.1 Å². The number of benzene rings is 3. The Bertz CT molecular complexity index is 1580. The lowest BCUT2D eigenvalue weighted by atomic mass is 10.0. The highest BCUT2D eigenvalue weighted by atomic mass is 32.2. The van der Waals surface area contributed by atoms with Gasteiger partial charge in [0.2, 0.25) is 11.8 Å². The van der Waals surface area contributed by atoms with E-state index >= 15 is 0 Å². The van der Waals surface area contributed by atoms with E-state index in [4.69, 9.17) is 19.2 Å². The number of ether oxygens (including phenoxy) is 3. The number of alkyl carbamates (subject to hydrolysis) is 1. The van der Waals surface area contributed by atoms with E-state index in [0.717, 1.165) is 44.7 Å². The number of unbranched alkanes of at least 4 members (excludes halogenated alkanes) is 1. The third kappa shape index (κ3) is 12.2. The lowest BCUT2D eigenvalue weighted by Crippen LogP contribution is -2.48. The first-order chi connectivity index (χ1) is 24.2. The van der Waals surface area contributed by atoms with Crippen molar-refractivity contribution in [3.05, 3.63) is 84.4 Å². The summed E-state index contributed by atoms with van der Waals surface area (Å²) >= 11 is 1.54. The standard InChI is InChI=1S/C38H47N5O6S/c1-26(2)40-36(45)32(13-8-9-23-39-38(46)49-25-27-11-6-5-7-12-27)41-33(44)14-10-24-50-37-42-34(28-15-19-30(47-3)20-16-28)35(43-37)29-17-21-31(48-4)22-18-29/h5-7,11-12,15-22,26,32H,8-10,13-14,23-25H2,1-4H3,(H,39,46)(H,40,45)(H,41,44)(H,42,43)/t32-/m0/s1. The van der Waals surface area contributed by atoms with Gasteiger partial charge in [-0.15, -0.1) is 0 Å². The molecule has 12 heteroatoms. The van der Waals surface area contributed by atoms with Crippen LogP contribution in [0.1, 0.15) is 51.5 Å². The van der Waals surface area contributed by atoms with Crippen molar-refractivity contribution in [2.45, 2.75) is 69.8 Å². The summed E-state index contributed by atoms with van der Waals surface area (Å²) in [7, 11) is 3.27. The van der Waals surface area contributed by atoms with Gasteiger partial charge in [0.05, 0.1) is 25.6 Å². The predicted octanol–water partition coefficient (Wildman–Crippen LogP) is 6.74. The molecule has 1 atom stereocenters. The normalized spacial score (nSPS) is 11.5. The van der Waals surface area contributed by atoms with Crippen LogP contribution in [0.3, 0.4) is 0 Å². The zero-order chi connectivity index (χ0) is 35.7. The topological polar surface area (TPSA) is 144 Å². The first kappa shape index (κ1) is 37.8. The largest absolute Gasteiger partial charge is 0.497 e. The number of nitrogens with zero attached hydrogens (tertiary/aromatic N) is 1. The maximum absolute atomic E-state index is 12.9. The Labute approximate surface area is 298 Å². The van der Waals surface area contributed by atoms with E-state index in [-0.39, 0.29) is 30.9 Å². The van der Waals surface area contributed by atoms with Crippen LogP contribution in [0.5, 0.6) is 11.5 Å². The van der Waals surface area contributed by atoms with Crippen molar-refractivity contribution in [2.24, 2.45) is 0 Å². The number of thioether (sulfide) groups is 1. The molecule has 0 aliphatic rings. The SMILES string of the molecule is COc1ccc(-c2nc(SCCCC(=O)N[C@@H](CCCCNC(=O)OCc3ccccc3)C(=O)NC(C)C)[nH]c2-c2ccc(OC)cc2)cc1. The van der Waals surface area contributed by atoms with Gasteiger partial charge in [-0.2, -0.15) is 0 Å². The van der Waals surface area contributed by atoms with Gasteiger partial charge in [0, 0.05) is 35.9 Å². The minimum Gasteiger partial charge on any atom is -0.497 e. The summed E-state index contributed by atoms with van der Waals surface area (Å²) in [6, 6.07) is 24.3. The smallest absolute Gasteiger partial charge is 0.407 e. The van der Waals surface area contributed by atoms with Crippen molar-refractivity contribution in [2.75, 3.05) is 26.5 Å². The van der Waals surface area contributed by atoms with E-state index < -0.39 is 12.1 Å². The Morgan fingerprint density at radius 3 is 2.12 bits per heavy atom. The molecule has 4 aromatic rings. The Kier molecular flexibility index (Phi) is 15.0. The summed E-state index contributed by atoms with van der Waals surface area (Å²) < 4.78 is 15.9. The van der Waals surface area contributed by atoms with Crippen LogP contribution in [-0.2, 0) is 20.9 Å². The highest BCUT2D eigenvalue weighted by molar-refractivity contribution is 7.99. The molecule has 266 valence electrons. The van der Waals surface area contributed by atoms with Gasteiger partial charge >= 0.3 is 6.09 Å². The van der Waals surface area contributed by atoms with Crippen LogP contribution < -0.4 is 25.4 Å². The number of hydrogen-bond acceptors (Lipinski definition) is 8. The molecule has 0 aliphatic heterocycles. The van der Waals surface area contributed by atoms with Gasteiger partial charge in [0.25, 0.3) is 0 Å². The summed E-state index contributed by atoms with van der Waals surface area (Å²) in [5.74, 6) is 1.78. The van der Waals surface area contributed by atoms with Crippen molar-refractivity contribution in [1.29, 1.82) is 0 Å². The number of rotatable bonds is 19. The van der Waals surface area contributed by atoms with Crippen molar-refractivity contribution < 1.29 is 28.6 Å². The quantitative estimate of drug-likeness (QED) is 0.0622. The summed E-state index contributed by atoms with van der Waals surface area (Å²) in [5.41, 5.74) is 4.53. The van der Waals surface area contributed by atoms with Crippen LogP contribution in [0.15, 0.2) is 84.0 Å². The molecular weight excluding hydrogens is 655 g/mol. The number of nitrogens with one attached hydrogen (secondary N) is 4. The van der Waals surface area contributed by atoms with E-state index in [1.54, 1.807) is 14.2 Å². The van der Waals surface area contributed by atoms with Gasteiger partial charge in [0.1, 0.15) is 24.1 Å². The molecule has 3 aromatic carbocycles. The Morgan fingerprint density at radius 2 is 1.48 bits per heavy atom. The minimum atomic E-state index is -0.660. The van der Waals surface area contributed by atoms with Crippen LogP contribution in [0.25, 0.3) is 22.5 Å². The second-order valence-corrected chi connectivity index (χ2v) is 13.0. The molecule has 1 heterocycles. The van der Waals surface area contributed by atoms with Gasteiger partial charge in [-0.05, 0) is 93.6 Å². The Morgan fingerprint density at radius 1 is 0.820 bits per heavy atom. The van der Waals surface area contributed by atoms with Crippen LogP contribution >= 0.6 is 11.8 Å². The maximum atomic E-state index is 12.9. The number of imidazole rings is 1. The molecule has 0 saturated heterocycles. The average molecular weight is 702 g/mol. The minimum absolute atomic E-state index is 0.0572. The van der Waals surface area contributed by atoms with E-state index in [1.165, 1.54) is 11.8 Å². The molecule has 0 radical (unpaired) electrons. The Hall–Kier alpha value is -4.97. The summed E-state index contributed by atoms with van der Waals surface area (Å²) in [6.07, 6.45) is 2.10. The third-order valence-corrected chi connectivity index (χ3v) is 8.66. The molecule has 0 aliphatic carbocycles. The molecular formula is C38H47N5O6S. The molecule has 0 unspecified atom stereocenters. The second-order valence-electron chi connectivity index (χ2n) is 11.9. The molecule has 3 amide bonds. The molecule has 50 heavy (non-hydrogen) atoms. The molecule has 0 bridgehead atoms. The number of methoxy groups -OCH3 is 2. The van der Waals surface area contributed by atoms with Crippen LogP contribution in [-0.4, -0.2) is 66.5 Å².